The quantitative estimate of drug-likeness (QED) is 0.120. The van der Waals surface area contributed by atoms with Gasteiger partial charge in [-0.15, -0.1) is 0 Å². The number of nitrogens with one attached hydrogen (secondary N) is 2. The fourth-order valence-electron chi connectivity index (χ4n) is 5.20. The van der Waals surface area contributed by atoms with E-state index < -0.39 is 23.5 Å². The maximum absolute atomic E-state index is 13.6. The lowest BCUT2D eigenvalue weighted by Gasteiger charge is -2.21. The Hall–Kier alpha value is -4.02. The van der Waals surface area contributed by atoms with E-state index in [1.807, 2.05) is 6.92 Å². The van der Waals surface area contributed by atoms with Crippen molar-refractivity contribution < 1.29 is 36.6 Å². The van der Waals surface area contributed by atoms with Crippen molar-refractivity contribution in [3.8, 4) is 33.8 Å². The molecule has 0 spiro atoms. The second-order valence-corrected chi connectivity index (χ2v) is 10.6. The predicted octanol–water partition coefficient (Wildman–Crippen LogP) is 8.91. The zero-order valence-electron chi connectivity index (χ0n) is 24.1. The molecule has 4 aromatic carbocycles. The molecule has 0 saturated carbocycles. The molecule has 0 aliphatic carbocycles. The Morgan fingerprint density at radius 2 is 1.07 bits per heavy atom. The van der Waals surface area contributed by atoms with Crippen molar-refractivity contribution in [3.63, 3.8) is 0 Å². The Kier molecular flexibility index (Phi) is 10.6. The van der Waals surface area contributed by atoms with Crippen LogP contribution in [0.1, 0.15) is 48.4 Å². The summed E-state index contributed by atoms with van der Waals surface area (Å²) < 4.78 is 81.6. The number of rotatable bonds is 12. The average Bonchev–Trinajstić information content (AvgIpc) is 2.99. The van der Waals surface area contributed by atoms with Crippen LogP contribution in [0.2, 0.25) is 0 Å². The molecule has 4 aromatic rings. The molecule has 0 saturated heterocycles. The molecular weight excluding hydrogens is 582 g/mol. The number of phenols is 2. The smallest absolute Gasteiger partial charge is 0.417 e. The van der Waals surface area contributed by atoms with Gasteiger partial charge >= 0.3 is 12.4 Å². The van der Waals surface area contributed by atoms with Crippen LogP contribution in [0.4, 0.5) is 26.3 Å². The highest BCUT2D eigenvalue weighted by Gasteiger charge is 2.35. The molecule has 0 fully saturated rings. The van der Waals surface area contributed by atoms with Gasteiger partial charge in [-0.05, 0) is 29.7 Å². The molecule has 10 heteroatoms. The average molecular weight is 617 g/mol. The highest BCUT2D eigenvalue weighted by Crippen LogP contribution is 2.42. The number of benzene rings is 4. The van der Waals surface area contributed by atoms with Crippen LogP contribution in [0.15, 0.2) is 84.9 Å². The molecule has 234 valence electrons. The first kappa shape index (κ1) is 32.9. The minimum atomic E-state index is -4.58. The SMILES string of the molecule is CCCC[C@@H](CNCc1cccc(-c2ccccc2C(F)(F)F)c1O)NCc1cccc(-c2ccccc2C(F)(F)F)c1O. The van der Waals surface area contributed by atoms with Crippen LogP contribution < -0.4 is 10.6 Å². The van der Waals surface area contributed by atoms with Gasteiger partial charge in [0.1, 0.15) is 11.5 Å². The van der Waals surface area contributed by atoms with Gasteiger partial charge in [0.2, 0.25) is 0 Å². The van der Waals surface area contributed by atoms with E-state index in [0.29, 0.717) is 17.7 Å². The normalized spacial score (nSPS) is 12.8. The highest BCUT2D eigenvalue weighted by atomic mass is 19.4. The Balaban J connectivity index is 1.47. The second-order valence-electron chi connectivity index (χ2n) is 10.6. The summed E-state index contributed by atoms with van der Waals surface area (Å²) in [6, 6.07) is 19.5. The maximum atomic E-state index is 13.6. The highest BCUT2D eigenvalue weighted by molar-refractivity contribution is 5.76. The largest absolute Gasteiger partial charge is 0.507 e. The summed E-state index contributed by atoms with van der Waals surface area (Å²) in [5.74, 6) is -0.476. The van der Waals surface area contributed by atoms with Gasteiger partial charge in [-0.3, -0.25) is 0 Å². The predicted molar refractivity (Wildman–Crippen MR) is 159 cm³/mol. The van der Waals surface area contributed by atoms with Gasteiger partial charge in [-0.2, -0.15) is 26.3 Å². The standard InChI is InChI=1S/C34H34F6N2O2/c1-2-3-12-24(42-20-23-11-9-16-28(32(23)44)26-14-5-7-18-30(26)34(38,39)40)21-41-19-22-10-8-15-27(31(22)43)25-13-4-6-17-29(25)33(35,36)37/h4-11,13-18,24,41-44H,2-3,12,19-21H2,1H3/t24-/m0/s1. The molecule has 0 aliphatic rings. The van der Waals surface area contributed by atoms with Gasteiger partial charge < -0.3 is 20.8 Å². The monoisotopic (exact) mass is 616 g/mol. The van der Waals surface area contributed by atoms with E-state index in [-0.39, 0.29) is 52.9 Å². The fourth-order valence-corrected chi connectivity index (χ4v) is 5.20. The van der Waals surface area contributed by atoms with E-state index >= 15 is 0 Å². The van der Waals surface area contributed by atoms with Gasteiger partial charge in [0, 0.05) is 47.9 Å². The molecular formula is C34H34F6N2O2. The summed E-state index contributed by atoms with van der Waals surface area (Å²) in [4.78, 5) is 0. The number of para-hydroxylation sites is 2. The van der Waals surface area contributed by atoms with Crippen LogP contribution in [0.25, 0.3) is 22.3 Å². The summed E-state index contributed by atoms with van der Waals surface area (Å²) in [5.41, 5.74) is -0.844. The lowest BCUT2D eigenvalue weighted by atomic mass is 9.96. The Morgan fingerprint density at radius 3 is 1.55 bits per heavy atom. The molecule has 0 radical (unpaired) electrons. The lowest BCUT2D eigenvalue weighted by molar-refractivity contribution is -0.137. The Morgan fingerprint density at radius 1 is 0.614 bits per heavy atom. The number of halogens is 6. The molecule has 44 heavy (non-hydrogen) atoms. The lowest BCUT2D eigenvalue weighted by Crippen LogP contribution is -2.38. The first-order chi connectivity index (χ1) is 20.9. The third kappa shape index (κ3) is 7.92. The second kappa shape index (κ2) is 14.2. The molecule has 0 heterocycles. The van der Waals surface area contributed by atoms with E-state index in [4.69, 9.17) is 0 Å². The minimum Gasteiger partial charge on any atom is -0.507 e. The molecule has 4 nitrogen and oxygen atoms in total. The van der Waals surface area contributed by atoms with Crippen molar-refractivity contribution >= 4 is 0 Å². The van der Waals surface area contributed by atoms with Crippen molar-refractivity contribution in [3.05, 3.63) is 107 Å². The number of unbranched alkanes of at least 4 members (excludes halogenated alkanes) is 1. The number of hydrogen-bond donors (Lipinski definition) is 4. The first-order valence-electron chi connectivity index (χ1n) is 14.3. The molecule has 1 atom stereocenters. The Bertz CT molecular complexity index is 1550. The summed E-state index contributed by atoms with van der Waals surface area (Å²) in [6.07, 6.45) is -6.59. The van der Waals surface area contributed by atoms with Crippen molar-refractivity contribution in [2.24, 2.45) is 0 Å². The zero-order chi connectivity index (χ0) is 31.9. The number of hydrogen-bond acceptors (Lipinski definition) is 4. The van der Waals surface area contributed by atoms with Gasteiger partial charge in [-0.1, -0.05) is 92.6 Å². The topological polar surface area (TPSA) is 64.5 Å². The third-order valence-corrected chi connectivity index (χ3v) is 7.48. The van der Waals surface area contributed by atoms with Crippen LogP contribution in [0, 0.1) is 0 Å². The van der Waals surface area contributed by atoms with Gasteiger partial charge in [-0.25, -0.2) is 0 Å². The Labute approximate surface area is 252 Å². The molecule has 0 amide bonds. The van der Waals surface area contributed by atoms with E-state index in [2.05, 4.69) is 10.6 Å². The molecule has 0 unspecified atom stereocenters. The third-order valence-electron chi connectivity index (χ3n) is 7.48. The number of aromatic hydroxyl groups is 2. The maximum Gasteiger partial charge on any atom is 0.417 e. The minimum absolute atomic E-state index is 0.0836. The number of alkyl halides is 6. The number of phenolic OH excluding ortho intramolecular Hbond substituents is 2. The molecule has 4 rings (SSSR count). The van der Waals surface area contributed by atoms with Crippen molar-refractivity contribution in [1.82, 2.24) is 10.6 Å². The van der Waals surface area contributed by atoms with Crippen LogP contribution in [0.3, 0.4) is 0 Å². The van der Waals surface area contributed by atoms with Crippen molar-refractivity contribution in [1.29, 1.82) is 0 Å². The van der Waals surface area contributed by atoms with Crippen molar-refractivity contribution in [2.75, 3.05) is 6.54 Å². The molecule has 0 aliphatic heterocycles. The summed E-state index contributed by atoms with van der Waals surface area (Å²) in [5, 5.41) is 28.5. The molecule has 4 N–H and O–H groups in total. The first-order valence-corrected chi connectivity index (χ1v) is 14.3. The van der Waals surface area contributed by atoms with E-state index in [9.17, 15) is 36.6 Å². The van der Waals surface area contributed by atoms with Crippen LogP contribution >= 0.6 is 0 Å². The molecule has 0 aromatic heterocycles. The molecule has 0 bridgehead atoms. The van der Waals surface area contributed by atoms with Crippen LogP contribution in [0.5, 0.6) is 11.5 Å². The summed E-state index contributed by atoms with van der Waals surface area (Å²) in [7, 11) is 0. The fraction of sp³-hybridized carbons (Fsp3) is 0.294. The van der Waals surface area contributed by atoms with E-state index in [1.54, 1.807) is 24.3 Å². The van der Waals surface area contributed by atoms with Crippen LogP contribution in [-0.2, 0) is 25.4 Å². The van der Waals surface area contributed by atoms with Gasteiger partial charge in [0.15, 0.2) is 0 Å². The summed E-state index contributed by atoms with van der Waals surface area (Å²) in [6.45, 7) is 2.85. The summed E-state index contributed by atoms with van der Waals surface area (Å²) >= 11 is 0. The van der Waals surface area contributed by atoms with E-state index in [0.717, 1.165) is 31.4 Å². The van der Waals surface area contributed by atoms with Gasteiger partial charge in [0.25, 0.3) is 0 Å². The van der Waals surface area contributed by atoms with Gasteiger partial charge in [0.05, 0.1) is 11.1 Å². The van der Waals surface area contributed by atoms with E-state index in [1.165, 1.54) is 48.5 Å². The van der Waals surface area contributed by atoms with Crippen LogP contribution in [-0.4, -0.2) is 22.8 Å². The zero-order valence-corrected chi connectivity index (χ0v) is 24.1. The van der Waals surface area contributed by atoms with Crippen molar-refractivity contribution in [2.45, 2.75) is 57.7 Å².